The van der Waals surface area contributed by atoms with Gasteiger partial charge in [-0.05, 0) is 25.0 Å². The Morgan fingerprint density at radius 1 is 1.30 bits per heavy atom. The predicted molar refractivity (Wildman–Crippen MR) is 94.9 cm³/mol. The largest absolute Gasteiger partial charge is 0.467 e. The smallest absolute Gasteiger partial charge is 0.328 e. The van der Waals surface area contributed by atoms with Gasteiger partial charge in [0.05, 0.1) is 12.0 Å². The number of aromatic nitrogens is 2. The van der Waals surface area contributed by atoms with Gasteiger partial charge < -0.3 is 9.64 Å². The molecule has 1 aliphatic rings. The van der Waals surface area contributed by atoms with Gasteiger partial charge in [0.1, 0.15) is 24.0 Å². The molecule has 9 nitrogen and oxygen atoms in total. The Bertz CT molecular complexity index is 920. The van der Waals surface area contributed by atoms with Crippen LogP contribution in [0.2, 0.25) is 0 Å². The molecule has 0 N–H and O–H groups in total. The van der Waals surface area contributed by atoms with Crippen molar-refractivity contribution in [3.8, 4) is 0 Å². The number of benzene rings is 1. The number of esters is 1. The Hall–Kier alpha value is -3.23. The van der Waals surface area contributed by atoms with Crippen LogP contribution >= 0.6 is 0 Å². The van der Waals surface area contributed by atoms with Crippen molar-refractivity contribution in [2.24, 2.45) is 0 Å². The van der Waals surface area contributed by atoms with Gasteiger partial charge in [-0.15, -0.1) is 0 Å². The summed E-state index contributed by atoms with van der Waals surface area (Å²) in [6, 6.07) is 6.88. The van der Waals surface area contributed by atoms with Crippen LogP contribution in [0.1, 0.15) is 22.5 Å². The molecule has 0 radical (unpaired) electrons. The van der Waals surface area contributed by atoms with Crippen LogP contribution < -0.4 is 0 Å². The first kappa shape index (κ1) is 18.6. The monoisotopic (exact) mass is 372 g/mol. The molecule has 1 aliphatic heterocycles. The Morgan fingerprint density at radius 2 is 1.96 bits per heavy atom. The number of rotatable bonds is 4. The fourth-order valence-corrected chi connectivity index (χ4v) is 3.46. The number of hydrogen-bond acceptors (Lipinski definition) is 6. The van der Waals surface area contributed by atoms with Crippen molar-refractivity contribution in [2.75, 3.05) is 7.11 Å². The molecule has 0 spiro atoms. The molecule has 2 aromatic rings. The number of ether oxygens (including phenoxy) is 1. The van der Waals surface area contributed by atoms with E-state index in [0.29, 0.717) is 12.1 Å². The Labute approximate surface area is 155 Å². The third-order valence-corrected chi connectivity index (χ3v) is 4.85. The van der Waals surface area contributed by atoms with Crippen molar-refractivity contribution in [3.05, 3.63) is 56.9 Å². The van der Waals surface area contributed by atoms with Gasteiger partial charge in [-0.25, -0.2) is 4.79 Å². The number of methoxy groups -OCH3 is 1. The number of amides is 1. The van der Waals surface area contributed by atoms with Crippen LogP contribution in [0.5, 0.6) is 0 Å². The second-order valence-electron chi connectivity index (χ2n) is 6.47. The summed E-state index contributed by atoms with van der Waals surface area (Å²) in [6.45, 7) is 3.17. The lowest BCUT2D eigenvalue weighted by molar-refractivity contribution is -0.386. The number of carbonyl (C=O) groups excluding carboxylic acids is 2. The highest BCUT2D eigenvalue weighted by Gasteiger charge is 2.36. The van der Waals surface area contributed by atoms with Gasteiger partial charge in [-0.3, -0.25) is 19.6 Å². The summed E-state index contributed by atoms with van der Waals surface area (Å²) >= 11 is 0. The average Bonchev–Trinajstić information content (AvgIpc) is 2.93. The lowest BCUT2D eigenvalue weighted by Gasteiger charge is -2.35. The van der Waals surface area contributed by atoms with Gasteiger partial charge in [0, 0.05) is 13.0 Å². The molecule has 0 fully saturated rings. The maximum atomic E-state index is 12.9. The number of hydrogen-bond donors (Lipinski definition) is 0. The molecule has 1 aromatic heterocycles. The number of carbonyl (C=O) groups is 2. The third-order valence-electron chi connectivity index (χ3n) is 4.85. The van der Waals surface area contributed by atoms with Crippen molar-refractivity contribution in [2.45, 2.75) is 39.4 Å². The first-order valence-electron chi connectivity index (χ1n) is 8.46. The molecule has 27 heavy (non-hydrogen) atoms. The number of fused-ring (bicyclic) bond motifs is 1. The standard InChI is InChI=1S/C18H20N4O5/c1-11-17(22(25)26)12(2)21(19-11)10-16(23)20-9-14-7-5-4-6-13(14)8-15(20)18(24)27-3/h4-7,15H,8-10H2,1-3H3. The average molecular weight is 372 g/mol. The molecule has 0 aliphatic carbocycles. The maximum absolute atomic E-state index is 12.9. The van der Waals surface area contributed by atoms with Gasteiger partial charge in [0.2, 0.25) is 5.91 Å². The summed E-state index contributed by atoms with van der Waals surface area (Å²) in [7, 11) is 1.29. The molecule has 1 unspecified atom stereocenters. The Kier molecular flexibility index (Phi) is 4.93. The first-order valence-corrected chi connectivity index (χ1v) is 8.46. The Balaban J connectivity index is 1.89. The van der Waals surface area contributed by atoms with E-state index in [1.165, 1.54) is 23.6 Å². The third kappa shape index (κ3) is 3.40. The van der Waals surface area contributed by atoms with E-state index in [9.17, 15) is 19.7 Å². The Morgan fingerprint density at radius 3 is 2.56 bits per heavy atom. The van der Waals surface area contributed by atoms with Crippen molar-refractivity contribution in [1.29, 1.82) is 0 Å². The van der Waals surface area contributed by atoms with Crippen LogP contribution in [0.3, 0.4) is 0 Å². The number of nitrogens with zero attached hydrogens (tertiary/aromatic N) is 4. The van der Waals surface area contributed by atoms with Gasteiger partial charge in [-0.1, -0.05) is 24.3 Å². The molecule has 9 heteroatoms. The van der Waals surface area contributed by atoms with Crippen LogP contribution in [0.25, 0.3) is 0 Å². The zero-order valence-corrected chi connectivity index (χ0v) is 15.3. The summed E-state index contributed by atoms with van der Waals surface area (Å²) < 4.78 is 6.18. The van der Waals surface area contributed by atoms with Crippen LogP contribution in [-0.2, 0) is 33.8 Å². The molecule has 0 saturated heterocycles. The molecular formula is C18H20N4O5. The molecule has 0 saturated carbocycles. The molecule has 142 valence electrons. The fraction of sp³-hybridized carbons (Fsp3) is 0.389. The summed E-state index contributed by atoms with van der Waals surface area (Å²) in [4.78, 5) is 37.3. The number of aryl methyl sites for hydroxylation is 1. The van der Waals surface area contributed by atoms with Crippen molar-refractivity contribution in [1.82, 2.24) is 14.7 Å². The van der Waals surface area contributed by atoms with E-state index < -0.39 is 16.9 Å². The molecule has 3 rings (SSSR count). The van der Waals surface area contributed by atoms with Crippen LogP contribution in [0.4, 0.5) is 5.69 Å². The quantitative estimate of drug-likeness (QED) is 0.458. The van der Waals surface area contributed by atoms with Crippen molar-refractivity contribution < 1.29 is 19.2 Å². The topological polar surface area (TPSA) is 108 Å². The minimum atomic E-state index is -0.732. The zero-order chi connectivity index (χ0) is 19.7. The summed E-state index contributed by atoms with van der Waals surface area (Å²) in [5.74, 6) is -0.836. The minimum absolute atomic E-state index is 0.101. The normalized spacial score (nSPS) is 16.0. The SMILES string of the molecule is COC(=O)C1Cc2ccccc2CN1C(=O)Cn1nc(C)c([N+](=O)[O-])c1C. The zero-order valence-electron chi connectivity index (χ0n) is 15.3. The molecular weight excluding hydrogens is 352 g/mol. The van der Waals surface area contributed by atoms with Gasteiger partial charge in [-0.2, -0.15) is 5.10 Å². The minimum Gasteiger partial charge on any atom is -0.467 e. The lowest BCUT2D eigenvalue weighted by atomic mass is 9.94. The van der Waals surface area contributed by atoms with E-state index in [4.69, 9.17) is 4.74 Å². The first-order chi connectivity index (χ1) is 12.8. The van der Waals surface area contributed by atoms with Gasteiger partial charge in [0.25, 0.3) is 0 Å². The summed E-state index contributed by atoms with van der Waals surface area (Å²) in [6.07, 6.45) is 0.367. The van der Waals surface area contributed by atoms with E-state index in [-0.39, 0.29) is 30.4 Å². The highest BCUT2D eigenvalue weighted by Crippen LogP contribution is 2.26. The van der Waals surface area contributed by atoms with E-state index in [1.54, 1.807) is 6.92 Å². The fourth-order valence-electron chi connectivity index (χ4n) is 3.46. The van der Waals surface area contributed by atoms with Crippen molar-refractivity contribution >= 4 is 17.6 Å². The summed E-state index contributed by atoms with van der Waals surface area (Å²) in [5, 5.41) is 15.3. The highest BCUT2D eigenvalue weighted by atomic mass is 16.6. The van der Waals surface area contributed by atoms with E-state index >= 15 is 0 Å². The predicted octanol–water partition coefficient (Wildman–Crippen LogP) is 1.53. The second kappa shape index (κ2) is 7.18. The van der Waals surface area contributed by atoms with E-state index in [2.05, 4.69) is 5.10 Å². The van der Waals surface area contributed by atoms with Gasteiger partial charge in [0.15, 0.2) is 0 Å². The molecule has 1 aromatic carbocycles. The van der Waals surface area contributed by atoms with Crippen LogP contribution in [0, 0.1) is 24.0 Å². The number of nitro groups is 1. The highest BCUT2D eigenvalue weighted by molar-refractivity contribution is 5.85. The lowest BCUT2D eigenvalue weighted by Crippen LogP contribution is -2.50. The van der Waals surface area contributed by atoms with Gasteiger partial charge >= 0.3 is 11.7 Å². The van der Waals surface area contributed by atoms with Crippen LogP contribution in [0.15, 0.2) is 24.3 Å². The molecule has 2 heterocycles. The second-order valence-corrected chi connectivity index (χ2v) is 6.47. The van der Waals surface area contributed by atoms with E-state index in [0.717, 1.165) is 11.1 Å². The molecule has 0 bridgehead atoms. The maximum Gasteiger partial charge on any atom is 0.328 e. The van der Waals surface area contributed by atoms with Crippen LogP contribution in [-0.4, -0.2) is 44.6 Å². The molecule has 1 atom stereocenters. The molecule has 1 amide bonds. The van der Waals surface area contributed by atoms with Crippen molar-refractivity contribution in [3.63, 3.8) is 0 Å². The summed E-state index contributed by atoms with van der Waals surface area (Å²) in [5.41, 5.74) is 2.41. The van der Waals surface area contributed by atoms with E-state index in [1.807, 2.05) is 24.3 Å².